The summed E-state index contributed by atoms with van der Waals surface area (Å²) < 4.78 is 22.8. The zero-order valence-corrected chi connectivity index (χ0v) is 11.6. The highest BCUT2D eigenvalue weighted by atomic mass is 32.2. The van der Waals surface area contributed by atoms with Crippen molar-refractivity contribution in [3.63, 3.8) is 0 Å². The molecule has 1 aliphatic carbocycles. The summed E-state index contributed by atoms with van der Waals surface area (Å²) in [4.78, 5) is 24.4. The summed E-state index contributed by atoms with van der Waals surface area (Å²) in [6.45, 7) is 1.95. The molecule has 108 valence electrons. The van der Waals surface area contributed by atoms with E-state index in [4.69, 9.17) is 5.11 Å². The lowest BCUT2D eigenvalue weighted by Crippen LogP contribution is -2.54. The zero-order chi connectivity index (χ0) is 14.3. The predicted molar refractivity (Wildman–Crippen MR) is 67.5 cm³/mol. The third kappa shape index (κ3) is 2.99. The number of sulfone groups is 1. The molecule has 1 heterocycles. The Kier molecular flexibility index (Phi) is 3.46. The molecule has 1 saturated carbocycles. The van der Waals surface area contributed by atoms with Gasteiger partial charge in [0, 0.05) is 19.1 Å². The van der Waals surface area contributed by atoms with Crippen molar-refractivity contribution in [1.82, 2.24) is 10.2 Å². The zero-order valence-electron chi connectivity index (χ0n) is 10.8. The maximum Gasteiger partial charge on any atom is 0.317 e. The molecule has 0 bridgehead atoms. The van der Waals surface area contributed by atoms with Crippen LogP contribution in [-0.4, -0.2) is 61.1 Å². The maximum absolute atomic E-state index is 11.9. The lowest BCUT2D eigenvalue weighted by molar-refractivity contribution is -0.143. The highest BCUT2D eigenvalue weighted by Gasteiger charge is 2.50. The van der Waals surface area contributed by atoms with Crippen LogP contribution in [0.1, 0.15) is 19.8 Å². The minimum Gasteiger partial charge on any atom is -0.481 e. The number of carboxylic acid groups (broad SMARTS) is 1. The Hall–Kier alpha value is -1.31. The van der Waals surface area contributed by atoms with Gasteiger partial charge in [-0.1, -0.05) is 0 Å². The number of aliphatic carboxylic acids is 1. The number of nitrogens with zero attached hydrogens (tertiary/aromatic N) is 1. The van der Waals surface area contributed by atoms with E-state index in [1.165, 1.54) is 4.90 Å². The first-order chi connectivity index (χ1) is 8.76. The summed E-state index contributed by atoms with van der Waals surface area (Å²) >= 11 is 0. The number of carbonyl (C=O) groups excluding carboxylic acids is 1. The molecular formula is C11H18N2O5S. The van der Waals surface area contributed by atoms with Crippen LogP contribution in [-0.2, 0) is 14.6 Å². The molecule has 1 saturated heterocycles. The molecule has 0 aromatic carbocycles. The highest BCUT2D eigenvalue weighted by Crippen LogP contribution is 2.45. The topological polar surface area (TPSA) is 104 Å². The Morgan fingerprint density at radius 3 is 2.53 bits per heavy atom. The van der Waals surface area contributed by atoms with Gasteiger partial charge in [0.1, 0.15) is 0 Å². The molecule has 1 unspecified atom stereocenters. The number of hydrogen-bond acceptors (Lipinski definition) is 4. The van der Waals surface area contributed by atoms with E-state index in [1.54, 1.807) is 6.92 Å². The molecule has 2 fully saturated rings. The fraction of sp³-hybridized carbons (Fsp3) is 0.818. The molecular weight excluding hydrogens is 272 g/mol. The van der Waals surface area contributed by atoms with Gasteiger partial charge in [0.15, 0.2) is 9.84 Å². The third-order valence-corrected chi connectivity index (χ3v) is 5.61. The summed E-state index contributed by atoms with van der Waals surface area (Å²) in [5, 5.41) is 11.6. The van der Waals surface area contributed by atoms with E-state index in [9.17, 15) is 18.0 Å². The van der Waals surface area contributed by atoms with Crippen molar-refractivity contribution >= 4 is 21.8 Å². The molecule has 2 N–H and O–H groups in total. The van der Waals surface area contributed by atoms with E-state index in [0.29, 0.717) is 12.8 Å². The Morgan fingerprint density at radius 1 is 1.42 bits per heavy atom. The van der Waals surface area contributed by atoms with Gasteiger partial charge in [-0.25, -0.2) is 13.2 Å². The van der Waals surface area contributed by atoms with Crippen LogP contribution in [0.4, 0.5) is 4.79 Å². The van der Waals surface area contributed by atoms with E-state index >= 15 is 0 Å². The molecule has 2 aliphatic rings. The van der Waals surface area contributed by atoms with Gasteiger partial charge >= 0.3 is 12.0 Å². The van der Waals surface area contributed by atoms with E-state index in [2.05, 4.69) is 5.32 Å². The van der Waals surface area contributed by atoms with Crippen molar-refractivity contribution in [2.45, 2.75) is 25.8 Å². The van der Waals surface area contributed by atoms with Crippen LogP contribution in [0, 0.1) is 5.41 Å². The number of hydrogen-bond donors (Lipinski definition) is 2. The first-order valence-corrected chi connectivity index (χ1v) is 8.06. The molecule has 0 radical (unpaired) electrons. The number of carbonyl (C=O) groups is 2. The Balaban J connectivity index is 1.89. The second-order valence-electron chi connectivity index (χ2n) is 5.40. The van der Waals surface area contributed by atoms with E-state index in [1.807, 2.05) is 0 Å². The minimum atomic E-state index is -3.06. The maximum atomic E-state index is 11.9. The van der Waals surface area contributed by atoms with Crippen LogP contribution in [0.15, 0.2) is 0 Å². The fourth-order valence-corrected chi connectivity index (χ4v) is 3.82. The van der Waals surface area contributed by atoms with E-state index in [-0.39, 0.29) is 36.7 Å². The summed E-state index contributed by atoms with van der Waals surface area (Å²) in [7, 11) is -3.06. The Morgan fingerprint density at radius 2 is 2.05 bits per heavy atom. The fourth-order valence-electron chi connectivity index (χ4n) is 2.26. The average Bonchev–Trinajstić information content (AvgIpc) is 3.05. The predicted octanol–water partition coefficient (Wildman–Crippen LogP) is -0.320. The summed E-state index contributed by atoms with van der Waals surface area (Å²) in [6.07, 6.45) is 1.15. The number of urea groups is 1. The van der Waals surface area contributed by atoms with Crippen LogP contribution in [0.25, 0.3) is 0 Å². The van der Waals surface area contributed by atoms with Crippen LogP contribution in [0.3, 0.4) is 0 Å². The first kappa shape index (κ1) is 14.1. The van der Waals surface area contributed by atoms with Crippen molar-refractivity contribution in [2.24, 2.45) is 5.41 Å². The largest absolute Gasteiger partial charge is 0.481 e. The Bertz CT molecular complexity index is 497. The molecule has 19 heavy (non-hydrogen) atoms. The molecule has 2 rings (SSSR count). The highest BCUT2D eigenvalue weighted by molar-refractivity contribution is 7.91. The molecule has 8 heteroatoms. The van der Waals surface area contributed by atoms with E-state index < -0.39 is 21.2 Å². The van der Waals surface area contributed by atoms with Gasteiger partial charge in [-0.15, -0.1) is 0 Å². The minimum absolute atomic E-state index is 0.0329. The normalized spacial score (nSPS) is 27.6. The summed E-state index contributed by atoms with van der Waals surface area (Å²) in [5.41, 5.74) is -0.805. The molecule has 1 atom stereocenters. The van der Waals surface area contributed by atoms with Gasteiger partial charge in [-0.2, -0.15) is 0 Å². The SMILES string of the molecule is CC1CS(=O)(=O)CCN1C(=O)NCC1(C(=O)O)CC1. The summed E-state index contributed by atoms with van der Waals surface area (Å²) in [6, 6.07) is -0.756. The number of nitrogens with one attached hydrogen (secondary N) is 1. The second-order valence-corrected chi connectivity index (χ2v) is 7.63. The smallest absolute Gasteiger partial charge is 0.317 e. The number of carboxylic acids is 1. The second kappa shape index (κ2) is 4.66. The van der Waals surface area contributed by atoms with E-state index in [0.717, 1.165) is 0 Å². The van der Waals surface area contributed by atoms with Crippen molar-refractivity contribution in [3.05, 3.63) is 0 Å². The molecule has 0 spiro atoms. The first-order valence-electron chi connectivity index (χ1n) is 6.24. The number of rotatable bonds is 3. The van der Waals surface area contributed by atoms with Gasteiger partial charge in [0.05, 0.1) is 16.9 Å². The van der Waals surface area contributed by atoms with Crippen LogP contribution in [0.2, 0.25) is 0 Å². The molecule has 7 nitrogen and oxygen atoms in total. The van der Waals surface area contributed by atoms with Gasteiger partial charge in [0.25, 0.3) is 0 Å². The number of amides is 2. The van der Waals surface area contributed by atoms with Gasteiger partial charge in [-0.05, 0) is 19.8 Å². The van der Waals surface area contributed by atoms with Gasteiger partial charge in [0.2, 0.25) is 0 Å². The van der Waals surface area contributed by atoms with Crippen LogP contribution in [0.5, 0.6) is 0 Å². The lowest BCUT2D eigenvalue weighted by Gasteiger charge is -2.33. The quantitative estimate of drug-likeness (QED) is 0.741. The van der Waals surface area contributed by atoms with Crippen molar-refractivity contribution in [2.75, 3.05) is 24.6 Å². The molecule has 1 aliphatic heterocycles. The molecule has 2 amide bonds. The van der Waals surface area contributed by atoms with Crippen molar-refractivity contribution < 1.29 is 23.1 Å². The van der Waals surface area contributed by atoms with Crippen LogP contribution >= 0.6 is 0 Å². The van der Waals surface area contributed by atoms with Crippen LogP contribution < -0.4 is 5.32 Å². The molecule has 0 aromatic rings. The van der Waals surface area contributed by atoms with Gasteiger partial charge < -0.3 is 15.3 Å². The lowest BCUT2D eigenvalue weighted by atomic mass is 10.1. The standard InChI is InChI=1S/C11H18N2O5S/c1-8-6-19(17,18)5-4-13(8)10(16)12-7-11(2-3-11)9(14)15/h8H,2-7H2,1H3,(H,12,16)(H,14,15). The van der Waals surface area contributed by atoms with Gasteiger partial charge in [-0.3, -0.25) is 4.79 Å². The summed E-state index contributed by atoms with van der Waals surface area (Å²) in [5.74, 6) is -0.957. The molecule has 0 aromatic heterocycles. The van der Waals surface area contributed by atoms with Crippen molar-refractivity contribution in [3.8, 4) is 0 Å². The third-order valence-electron chi connectivity index (χ3n) is 3.82. The Labute approximate surface area is 111 Å². The van der Waals surface area contributed by atoms with Crippen molar-refractivity contribution in [1.29, 1.82) is 0 Å². The monoisotopic (exact) mass is 290 g/mol. The average molecular weight is 290 g/mol.